The first-order chi connectivity index (χ1) is 8.33. The molecule has 0 spiro atoms. The summed E-state index contributed by atoms with van der Waals surface area (Å²) < 4.78 is 1.40. The van der Waals surface area contributed by atoms with Crippen LogP contribution in [0.1, 0.15) is 24.8 Å². The van der Waals surface area contributed by atoms with E-state index in [2.05, 4.69) is 35.8 Å². The van der Waals surface area contributed by atoms with Gasteiger partial charge in [0.25, 0.3) is 0 Å². The maximum Gasteiger partial charge on any atom is 0.0392 e. The van der Waals surface area contributed by atoms with Crippen LogP contribution in [0.3, 0.4) is 0 Å². The number of benzene rings is 1. The Labute approximate surface area is 107 Å². The van der Waals surface area contributed by atoms with Gasteiger partial charge in [0.1, 0.15) is 0 Å². The van der Waals surface area contributed by atoms with Crippen LogP contribution in [0.2, 0.25) is 0 Å². The summed E-state index contributed by atoms with van der Waals surface area (Å²) in [7, 11) is 0. The Balaban J connectivity index is 1.96. The Kier molecular flexibility index (Phi) is 4.40. The number of unbranched alkanes of at least 4 members (excludes halogenated alkanes) is 2. The molecule has 17 heavy (non-hydrogen) atoms. The lowest BCUT2D eigenvalue weighted by Gasteiger charge is -2.10. The molecule has 0 fully saturated rings. The van der Waals surface area contributed by atoms with Crippen molar-refractivity contribution in [3.05, 3.63) is 29.1 Å². The van der Waals surface area contributed by atoms with E-state index in [9.17, 15) is 0 Å². The minimum Gasteiger partial charge on any atom is -0.385 e. The fraction of sp³-hybridized carbons (Fsp3) is 0.429. The summed E-state index contributed by atoms with van der Waals surface area (Å²) in [6, 6.07) is 6.56. The molecule has 2 rings (SSSR count). The molecular formula is C14H20N2S. The second-order valence-electron chi connectivity index (χ2n) is 4.35. The van der Waals surface area contributed by atoms with E-state index in [1.54, 1.807) is 0 Å². The lowest BCUT2D eigenvalue weighted by Crippen LogP contribution is -2.04. The molecule has 2 nitrogen and oxygen atoms in total. The van der Waals surface area contributed by atoms with Crippen LogP contribution in [-0.2, 0) is 0 Å². The highest BCUT2D eigenvalue weighted by Gasteiger charge is 2.03. The summed E-state index contributed by atoms with van der Waals surface area (Å²) in [5.74, 6) is 0. The zero-order valence-electron chi connectivity index (χ0n) is 10.3. The Morgan fingerprint density at radius 2 is 2.06 bits per heavy atom. The largest absolute Gasteiger partial charge is 0.385 e. The molecule has 0 aliphatic heterocycles. The van der Waals surface area contributed by atoms with Gasteiger partial charge in [-0.05, 0) is 54.8 Å². The van der Waals surface area contributed by atoms with Gasteiger partial charge in [-0.15, -0.1) is 11.3 Å². The van der Waals surface area contributed by atoms with E-state index in [0.717, 1.165) is 19.5 Å². The Bertz CT molecular complexity index is 476. The van der Waals surface area contributed by atoms with Crippen LogP contribution in [-0.4, -0.2) is 13.1 Å². The minimum atomic E-state index is 0.806. The van der Waals surface area contributed by atoms with Gasteiger partial charge in [0.2, 0.25) is 0 Å². The van der Waals surface area contributed by atoms with Gasteiger partial charge in [0.05, 0.1) is 0 Å². The SMILES string of the molecule is Cc1c(NCCCCCN)ccc2ccsc12. The molecule has 0 aliphatic rings. The summed E-state index contributed by atoms with van der Waals surface area (Å²) in [5, 5.41) is 7.02. The summed E-state index contributed by atoms with van der Waals surface area (Å²) >= 11 is 1.82. The van der Waals surface area contributed by atoms with Crippen LogP contribution >= 0.6 is 11.3 Å². The molecule has 1 aromatic heterocycles. The van der Waals surface area contributed by atoms with Crippen LogP contribution in [0, 0.1) is 6.92 Å². The van der Waals surface area contributed by atoms with Crippen molar-refractivity contribution in [1.29, 1.82) is 0 Å². The second kappa shape index (κ2) is 6.03. The second-order valence-corrected chi connectivity index (χ2v) is 5.27. The fourth-order valence-corrected chi connectivity index (χ4v) is 2.95. The van der Waals surface area contributed by atoms with Crippen molar-refractivity contribution in [2.45, 2.75) is 26.2 Å². The molecule has 0 saturated carbocycles. The van der Waals surface area contributed by atoms with Gasteiger partial charge in [-0.3, -0.25) is 0 Å². The molecule has 2 aromatic rings. The van der Waals surface area contributed by atoms with Crippen LogP contribution in [0.4, 0.5) is 5.69 Å². The Hall–Kier alpha value is -1.06. The zero-order chi connectivity index (χ0) is 12.1. The molecule has 1 heterocycles. The molecule has 0 atom stereocenters. The number of fused-ring (bicyclic) bond motifs is 1. The van der Waals surface area contributed by atoms with Crippen molar-refractivity contribution < 1.29 is 0 Å². The van der Waals surface area contributed by atoms with Gasteiger partial charge in [-0.25, -0.2) is 0 Å². The minimum absolute atomic E-state index is 0.806. The highest BCUT2D eigenvalue weighted by Crippen LogP contribution is 2.29. The van der Waals surface area contributed by atoms with Crippen molar-refractivity contribution in [1.82, 2.24) is 0 Å². The number of nitrogens with two attached hydrogens (primary N) is 1. The predicted octanol–water partition coefficient (Wildman–Crippen LogP) is 3.75. The molecule has 0 amide bonds. The smallest absolute Gasteiger partial charge is 0.0392 e. The van der Waals surface area contributed by atoms with E-state index in [1.165, 1.54) is 34.2 Å². The van der Waals surface area contributed by atoms with Crippen molar-refractivity contribution in [3.63, 3.8) is 0 Å². The summed E-state index contributed by atoms with van der Waals surface area (Å²) in [6.07, 6.45) is 3.54. The molecule has 1 aromatic carbocycles. The number of rotatable bonds is 6. The van der Waals surface area contributed by atoms with Gasteiger partial charge in [0.15, 0.2) is 0 Å². The Morgan fingerprint density at radius 3 is 2.88 bits per heavy atom. The molecule has 0 aliphatic carbocycles. The molecule has 0 bridgehead atoms. The van der Waals surface area contributed by atoms with Crippen LogP contribution < -0.4 is 11.1 Å². The predicted molar refractivity (Wildman–Crippen MR) is 78.0 cm³/mol. The third-order valence-corrected chi connectivity index (χ3v) is 4.12. The first-order valence-corrected chi connectivity index (χ1v) is 7.11. The maximum atomic E-state index is 5.48. The molecule has 3 heteroatoms. The average molecular weight is 248 g/mol. The van der Waals surface area contributed by atoms with Crippen LogP contribution in [0.15, 0.2) is 23.6 Å². The highest BCUT2D eigenvalue weighted by molar-refractivity contribution is 7.17. The molecular weight excluding hydrogens is 228 g/mol. The monoisotopic (exact) mass is 248 g/mol. The van der Waals surface area contributed by atoms with Gasteiger partial charge in [0, 0.05) is 16.9 Å². The van der Waals surface area contributed by atoms with Crippen molar-refractivity contribution >= 4 is 27.1 Å². The van der Waals surface area contributed by atoms with Crippen LogP contribution in [0.25, 0.3) is 10.1 Å². The van der Waals surface area contributed by atoms with E-state index >= 15 is 0 Å². The quantitative estimate of drug-likeness (QED) is 0.764. The summed E-state index contributed by atoms with van der Waals surface area (Å²) in [4.78, 5) is 0. The number of hydrogen-bond donors (Lipinski definition) is 2. The third kappa shape index (κ3) is 2.99. The van der Waals surface area contributed by atoms with Gasteiger partial charge < -0.3 is 11.1 Å². The van der Waals surface area contributed by atoms with Gasteiger partial charge in [-0.1, -0.05) is 12.5 Å². The summed E-state index contributed by atoms with van der Waals surface area (Å²) in [5.41, 5.74) is 8.12. The zero-order valence-corrected chi connectivity index (χ0v) is 11.1. The third-order valence-electron chi connectivity index (χ3n) is 3.07. The number of hydrogen-bond acceptors (Lipinski definition) is 3. The van der Waals surface area contributed by atoms with Crippen LogP contribution in [0.5, 0.6) is 0 Å². The molecule has 92 valence electrons. The fourth-order valence-electron chi connectivity index (χ4n) is 2.04. The number of anilines is 1. The molecule has 0 radical (unpaired) electrons. The molecule has 0 unspecified atom stereocenters. The normalized spacial score (nSPS) is 10.9. The van der Waals surface area contributed by atoms with Crippen molar-refractivity contribution in [2.75, 3.05) is 18.4 Å². The first kappa shape index (κ1) is 12.4. The van der Waals surface area contributed by atoms with E-state index < -0.39 is 0 Å². The number of nitrogens with one attached hydrogen (secondary N) is 1. The number of thiophene rings is 1. The average Bonchev–Trinajstić information content (AvgIpc) is 2.80. The maximum absolute atomic E-state index is 5.48. The molecule has 0 saturated heterocycles. The van der Waals surface area contributed by atoms with E-state index in [1.807, 2.05) is 11.3 Å². The molecule has 3 N–H and O–H groups in total. The van der Waals surface area contributed by atoms with Crippen molar-refractivity contribution in [2.24, 2.45) is 5.73 Å². The summed E-state index contributed by atoms with van der Waals surface area (Å²) in [6.45, 7) is 4.04. The van der Waals surface area contributed by atoms with E-state index in [4.69, 9.17) is 5.73 Å². The highest BCUT2D eigenvalue weighted by atomic mass is 32.1. The Morgan fingerprint density at radius 1 is 1.18 bits per heavy atom. The number of aryl methyl sites for hydroxylation is 1. The standard InChI is InChI=1S/C14H20N2S/c1-11-13(16-9-4-2-3-8-15)6-5-12-7-10-17-14(11)12/h5-7,10,16H,2-4,8-9,15H2,1H3. The van der Waals surface area contributed by atoms with Crippen molar-refractivity contribution in [3.8, 4) is 0 Å². The topological polar surface area (TPSA) is 38.0 Å². The van der Waals surface area contributed by atoms with Gasteiger partial charge in [-0.2, -0.15) is 0 Å². The van der Waals surface area contributed by atoms with E-state index in [-0.39, 0.29) is 0 Å². The van der Waals surface area contributed by atoms with Gasteiger partial charge >= 0.3 is 0 Å². The van der Waals surface area contributed by atoms with E-state index in [0.29, 0.717) is 0 Å². The first-order valence-electron chi connectivity index (χ1n) is 6.23. The lowest BCUT2D eigenvalue weighted by molar-refractivity contribution is 0.707. The lowest BCUT2D eigenvalue weighted by atomic mass is 10.1.